The second-order valence-corrected chi connectivity index (χ2v) is 7.55. The fraction of sp³-hybridized carbons (Fsp3) is 0.842. The highest BCUT2D eigenvalue weighted by Crippen LogP contribution is 2.49. The molecule has 0 heterocycles. The normalized spacial score (nSPS) is 31.2. The van der Waals surface area contributed by atoms with Crippen LogP contribution in [0.1, 0.15) is 64.7 Å². The molecule has 0 radical (unpaired) electrons. The minimum atomic E-state index is 0.429. The Bertz CT molecular complexity index is 385. The first-order valence-electron chi connectivity index (χ1n) is 9.20. The van der Waals surface area contributed by atoms with Crippen LogP contribution in [0.3, 0.4) is 0 Å². The summed E-state index contributed by atoms with van der Waals surface area (Å²) in [5.74, 6) is 3.89. The number of amides is 1. The molecule has 0 spiro atoms. The van der Waals surface area contributed by atoms with E-state index in [0.29, 0.717) is 5.91 Å². The van der Waals surface area contributed by atoms with Gasteiger partial charge in [-0.05, 0) is 68.6 Å². The molecule has 2 fully saturated rings. The summed E-state index contributed by atoms with van der Waals surface area (Å²) < 4.78 is 0. The third-order valence-electron chi connectivity index (χ3n) is 5.62. The highest BCUT2D eigenvalue weighted by atomic mass is 16.2. The predicted molar refractivity (Wildman–Crippen MR) is 86.9 cm³/mol. The molecule has 0 aliphatic heterocycles. The van der Waals surface area contributed by atoms with E-state index in [0.717, 1.165) is 56.0 Å². The van der Waals surface area contributed by atoms with Crippen LogP contribution in [0.5, 0.6) is 0 Å². The smallest absolute Gasteiger partial charge is 0.222 e. The molecule has 1 amide bonds. The zero-order valence-electron chi connectivity index (χ0n) is 13.6. The second kappa shape index (κ2) is 6.98. The van der Waals surface area contributed by atoms with Crippen LogP contribution < -0.4 is 0 Å². The van der Waals surface area contributed by atoms with Crippen molar-refractivity contribution in [1.82, 2.24) is 4.90 Å². The van der Waals surface area contributed by atoms with Crippen molar-refractivity contribution in [1.29, 1.82) is 0 Å². The van der Waals surface area contributed by atoms with Crippen LogP contribution in [0.4, 0.5) is 0 Å². The van der Waals surface area contributed by atoms with Gasteiger partial charge >= 0.3 is 0 Å². The van der Waals surface area contributed by atoms with Crippen molar-refractivity contribution in [2.75, 3.05) is 13.1 Å². The van der Waals surface area contributed by atoms with E-state index in [1.165, 1.54) is 38.5 Å². The molecular weight excluding hydrogens is 258 g/mol. The Balaban J connectivity index is 1.47. The number of hydrogen-bond acceptors (Lipinski definition) is 1. The van der Waals surface area contributed by atoms with Crippen LogP contribution in [0.25, 0.3) is 0 Å². The molecular formula is C19H31NO. The zero-order chi connectivity index (χ0) is 14.7. The summed E-state index contributed by atoms with van der Waals surface area (Å²) in [6.07, 6.45) is 15.7. The lowest BCUT2D eigenvalue weighted by atomic mass is 9.89. The molecule has 118 valence electrons. The molecule has 2 heteroatoms. The van der Waals surface area contributed by atoms with Gasteiger partial charge in [0.1, 0.15) is 0 Å². The topological polar surface area (TPSA) is 20.3 Å². The monoisotopic (exact) mass is 289 g/mol. The van der Waals surface area contributed by atoms with Crippen molar-refractivity contribution < 1.29 is 4.79 Å². The van der Waals surface area contributed by atoms with Gasteiger partial charge in [0.15, 0.2) is 0 Å². The molecule has 2 nitrogen and oxygen atoms in total. The van der Waals surface area contributed by atoms with Gasteiger partial charge in [0.2, 0.25) is 5.91 Å². The number of hydrogen-bond donors (Lipinski definition) is 0. The summed E-state index contributed by atoms with van der Waals surface area (Å²) in [7, 11) is 0. The largest absolute Gasteiger partial charge is 0.342 e. The minimum Gasteiger partial charge on any atom is -0.342 e. The molecule has 3 aliphatic rings. The molecule has 0 aromatic carbocycles. The average molecular weight is 289 g/mol. The van der Waals surface area contributed by atoms with E-state index >= 15 is 0 Å². The lowest BCUT2D eigenvalue weighted by Crippen LogP contribution is -2.35. The predicted octanol–water partition coefficient (Wildman–Crippen LogP) is 4.41. The van der Waals surface area contributed by atoms with Gasteiger partial charge in [0.05, 0.1) is 0 Å². The molecule has 21 heavy (non-hydrogen) atoms. The second-order valence-electron chi connectivity index (χ2n) is 7.55. The van der Waals surface area contributed by atoms with Gasteiger partial charge in [-0.3, -0.25) is 4.79 Å². The SMILES string of the molecule is CCCCC(=O)N(CC1CC1)CC1CC1C1CC=CCC1. The molecule has 3 unspecified atom stereocenters. The molecule has 0 bridgehead atoms. The maximum Gasteiger partial charge on any atom is 0.222 e. The van der Waals surface area contributed by atoms with E-state index in [2.05, 4.69) is 24.0 Å². The summed E-state index contributed by atoms with van der Waals surface area (Å²) in [6.45, 7) is 4.28. The summed E-state index contributed by atoms with van der Waals surface area (Å²) in [5.41, 5.74) is 0. The minimum absolute atomic E-state index is 0.429. The van der Waals surface area contributed by atoms with Gasteiger partial charge in [-0.1, -0.05) is 25.5 Å². The van der Waals surface area contributed by atoms with E-state index in [1.807, 2.05) is 0 Å². The van der Waals surface area contributed by atoms with Crippen molar-refractivity contribution in [2.45, 2.75) is 64.7 Å². The molecule has 0 aromatic heterocycles. The highest BCUT2D eigenvalue weighted by molar-refractivity contribution is 5.76. The Hall–Kier alpha value is -0.790. The van der Waals surface area contributed by atoms with Crippen LogP contribution in [0.2, 0.25) is 0 Å². The lowest BCUT2D eigenvalue weighted by Gasteiger charge is -2.24. The quantitative estimate of drug-likeness (QED) is 0.606. The van der Waals surface area contributed by atoms with Crippen LogP contribution >= 0.6 is 0 Å². The average Bonchev–Trinajstić information content (AvgIpc) is 3.41. The summed E-state index contributed by atoms with van der Waals surface area (Å²) in [6, 6.07) is 0. The first-order valence-corrected chi connectivity index (χ1v) is 9.20. The fourth-order valence-corrected chi connectivity index (χ4v) is 3.92. The van der Waals surface area contributed by atoms with E-state index in [4.69, 9.17) is 0 Å². The van der Waals surface area contributed by atoms with Gasteiger partial charge in [-0.2, -0.15) is 0 Å². The molecule has 0 saturated heterocycles. The van der Waals surface area contributed by atoms with Gasteiger partial charge in [-0.15, -0.1) is 0 Å². The van der Waals surface area contributed by atoms with Crippen LogP contribution in [-0.2, 0) is 4.79 Å². The van der Waals surface area contributed by atoms with Gasteiger partial charge in [0, 0.05) is 19.5 Å². The maximum absolute atomic E-state index is 12.4. The highest BCUT2D eigenvalue weighted by Gasteiger charge is 2.44. The van der Waals surface area contributed by atoms with E-state index in [9.17, 15) is 4.79 Å². The summed E-state index contributed by atoms with van der Waals surface area (Å²) >= 11 is 0. The van der Waals surface area contributed by atoms with Crippen molar-refractivity contribution in [3.63, 3.8) is 0 Å². The molecule has 2 saturated carbocycles. The Morgan fingerprint density at radius 2 is 2.05 bits per heavy atom. The lowest BCUT2D eigenvalue weighted by molar-refractivity contribution is -0.131. The first kappa shape index (κ1) is 15.1. The summed E-state index contributed by atoms with van der Waals surface area (Å²) in [4.78, 5) is 14.7. The number of allylic oxidation sites excluding steroid dienone is 2. The Labute approximate surface area is 130 Å². The molecule has 3 aliphatic carbocycles. The van der Waals surface area contributed by atoms with E-state index in [-0.39, 0.29) is 0 Å². The number of unbranched alkanes of at least 4 members (excludes halogenated alkanes) is 1. The van der Waals surface area contributed by atoms with Crippen molar-refractivity contribution in [3.8, 4) is 0 Å². The molecule has 3 rings (SSSR count). The number of nitrogens with zero attached hydrogens (tertiary/aromatic N) is 1. The third-order valence-corrected chi connectivity index (χ3v) is 5.62. The van der Waals surface area contributed by atoms with Gasteiger partial charge < -0.3 is 4.90 Å². The van der Waals surface area contributed by atoms with Crippen molar-refractivity contribution >= 4 is 5.91 Å². The van der Waals surface area contributed by atoms with Crippen molar-refractivity contribution in [3.05, 3.63) is 12.2 Å². The van der Waals surface area contributed by atoms with E-state index in [1.54, 1.807) is 0 Å². The maximum atomic E-state index is 12.4. The van der Waals surface area contributed by atoms with Gasteiger partial charge in [-0.25, -0.2) is 0 Å². The Morgan fingerprint density at radius 1 is 1.19 bits per heavy atom. The third kappa shape index (κ3) is 4.34. The number of carbonyl (C=O) groups excluding carboxylic acids is 1. The fourth-order valence-electron chi connectivity index (χ4n) is 3.92. The Morgan fingerprint density at radius 3 is 2.71 bits per heavy atom. The van der Waals surface area contributed by atoms with Crippen LogP contribution in [0, 0.1) is 23.7 Å². The number of carbonyl (C=O) groups is 1. The first-order chi connectivity index (χ1) is 10.3. The standard InChI is InChI=1S/C19H31NO/c1-2-3-9-19(21)20(13-15-10-11-15)14-17-12-18(17)16-7-5-4-6-8-16/h4-5,15-18H,2-3,6-14H2,1H3. The number of rotatable bonds is 8. The van der Waals surface area contributed by atoms with Crippen LogP contribution in [0.15, 0.2) is 12.2 Å². The molecule has 3 atom stereocenters. The van der Waals surface area contributed by atoms with Gasteiger partial charge in [0.25, 0.3) is 0 Å². The molecule has 0 N–H and O–H groups in total. The van der Waals surface area contributed by atoms with E-state index < -0.39 is 0 Å². The summed E-state index contributed by atoms with van der Waals surface area (Å²) in [5, 5.41) is 0. The zero-order valence-corrected chi connectivity index (χ0v) is 13.6. The molecule has 0 aromatic rings. The van der Waals surface area contributed by atoms with Crippen LogP contribution in [-0.4, -0.2) is 23.9 Å². The van der Waals surface area contributed by atoms with Crippen molar-refractivity contribution in [2.24, 2.45) is 23.7 Å². The Kier molecular flexibility index (Phi) is 5.03.